The zero-order valence-electron chi connectivity index (χ0n) is 11.2. The number of rotatable bonds is 2. The molecule has 0 radical (unpaired) electrons. The second kappa shape index (κ2) is 4.86. The van der Waals surface area contributed by atoms with E-state index in [0.717, 1.165) is 0 Å². The van der Waals surface area contributed by atoms with Gasteiger partial charge in [-0.15, -0.1) is 0 Å². The highest BCUT2D eigenvalue weighted by Crippen LogP contribution is 2.05. The number of H-pyrrole nitrogens is 2. The Morgan fingerprint density at radius 3 is 2.67 bits per heavy atom. The molecule has 7 heteroatoms. The van der Waals surface area contributed by atoms with E-state index in [9.17, 15) is 14.4 Å². The molecule has 0 aliphatic heterocycles. The summed E-state index contributed by atoms with van der Waals surface area (Å²) >= 11 is 0. The van der Waals surface area contributed by atoms with Crippen molar-refractivity contribution in [1.82, 2.24) is 19.5 Å². The number of benzene rings is 1. The lowest BCUT2D eigenvalue weighted by Crippen LogP contribution is -2.31. The summed E-state index contributed by atoms with van der Waals surface area (Å²) in [5.41, 5.74) is -0.245. The molecule has 21 heavy (non-hydrogen) atoms. The molecule has 0 atom stereocenters. The highest BCUT2D eigenvalue weighted by molar-refractivity contribution is 5.77. The number of aryl methyl sites for hydroxylation is 1. The zero-order chi connectivity index (χ0) is 15.0. The molecule has 2 N–H and O–H groups in total. The molecular formula is C14H12N4O3. The van der Waals surface area contributed by atoms with Crippen molar-refractivity contribution in [2.24, 2.45) is 0 Å². The Morgan fingerprint density at radius 1 is 1.10 bits per heavy atom. The van der Waals surface area contributed by atoms with Gasteiger partial charge in [0.05, 0.1) is 17.4 Å². The first-order chi connectivity index (χ1) is 10.0. The van der Waals surface area contributed by atoms with E-state index in [2.05, 4.69) is 15.0 Å². The number of aromatic nitrogens is 4. The Labute approximate surface area is 117 Å². The van der Waals surface area contributed by atoms with Gasteiger partial charge in [0.15, 0.2) is 0 Å². The van der Waals surface area contributed by atoms with Gasteiger partial charge in [0.2, 0.25) is 0 Å². The summed E-state index contributed by atoms with van der Waals surface area (Å²) in [7, 11) is 0. The van der Waals surface area contributed by atoms with Crippen LogP contribution < -0.4 is 16.8 Å². The average Bonchev–Trinajstić information content (AvgIpc) is 2.45. The third-order valence-electron chi connectivity index (χ3n) is 3.17. The average molecular weight is 284 g/mol. The lowest BCUT2D eigenvalue weighted by Gasteiger charge is -2.06. The lowest BCUT2D eigenvalue weighted by atomic mass is 10.2. The number of hydrogen-bond acceptors (Lipinski definition) is 4. The molecule has 0 spiro atoms. The molecule has 0 amide bonds. The molecule has 0 saturated carbocycles. The van der Waals surface area contributed by atoms with Crippen LogP contribution in [-0.4, -0.2) is 19.5 Å². The summed E-state index contributed by atoms with van der Waals surface area (Å²) in [5, 5.41) is 0.492. The van der Waals surface area contributed by atoms with Crippen molar-refractivity contribution in [1.29, 1.82) is 0 Å². The van der Waals surface area contributed by atoms with Gasteiger partial charge in [-0.1, -0.05) is 12.1 Å². The maximum atomic E-state index is 12.0. The summed E-state index contributed by atoms with van der Waals surface area (Å²) in [6.07, 6.45) is 1.44. The highest BCUT2D eigenvalue weighted by atomic mass is 16.2. The van der Waals surface area contributed by atoms with Crippen LogP contribution in [0.25, 0.3) is 10.9 Å². The molecule has 1 aromatic carbocycles. The van der Waals surface area contributed by atoms with Crippen molar-refractivity contribution in [2.75, 3.05) is 0 Å². The number of aromatic amines is 2. The molecular weight excluding hydrogens is 272 g/mol. The second-order valence-corrected chi connectivity index (χ2v) is 4.73. The van der Waals surface area contributed by atoms with E-state index in [1.54, 1.807) is 31.2 Å². The number of para-hydroxylation sites is 1. The van der Waals surface area contributed by atoms with Gasteiger partial charge in [-0.3, -0.25) is 19.1 Å². The molecule has 3 rings (SSSR count). The fourth-order valence-corrected chi connectivity index (χ4v) is 2.11. The van der Waals surface area contributed by atoms with Gasteiger partial charge in [-0.25, -0.2) is 9.78 Å². The van der Waals surface area contributed by atoms with Crippen molar-refractivity contribution >= 4 is 10.9 Å². The molecule has 2 aromatic heterocycles. The van der Waals surface area contributed by atoms with Crippen LogP contribution in [-0.2, 0) is 6.54 Å². The molecule has 0 aliphatic carbocycles. The third kappa shape index (κ3) is 2.40. The van der Waals surface area contributed by atoms with Crippen LogP contribution in [0, 0.1) is 6.92 Å². The Balaban J connectivity index is 2.11. The molecule has 3 aromatic rings. The van der Waals surface area contributed by atoms with Gasteiger partial charge in [0, 0.05) is 11.8 Å². The van der Waals surface area contributed by atoms with Crippen molar-refractivity contribution in [3.05, 3.63) is 73.0 Å². The SMILES string of the molecule is Cc1cn(Cc2nc3ccccc3c(=O)[nH]2)c(=O)[nH]c1=O. The van der Waals surface area contributed by atoms with Crippen molar-refractivity contribution in [3.63, 3.8) is 0 Å². The van der Waals surface area contributed by atoms with E-state index < -0.39 is 11.2 Å². The predicted octanol–water partition coefficient (Wildman–Crippen LogP) is 0.130. The van der Waals surface area contributed by atoms with E-state index in [1.807, 2.05) is 0 Å². The number of nitrogens with one attached hydrogen (secondary N) is 2. The van der Waals surface area contributed by atoms with Gasteiger partial charge in [-0.05, 0) is 19.1 Å². The summed E-state index contributed by atoms with van der Waals surface area (Å²) < 4.78 is 1.30. The summed E-state index contributed by atoms with van der Waals surface area (Å²) in [4.78, 5) is 44.2. The monoisotopic (exact) mass is 284 g/mol. The summed E-state index contributed by atoms with van der Waals surface area (Å²) in [6, 6.07) is 6.96. The molecule has 7 nitrogen and oxygen atoms in total. The number of fused-ring (bicyclic) bond motifs is 1. The molecule has 2 heterocycles. The summed E-state index contributed by atoms with van der Waals surface area (Å²) in [5.74, 6) is 0.354. The van der Waals surface area contributed by atoms with Crippen LogP contribution in [0.3, 0.4) is 0 Å². The largest absolute Gasteiger partial charge is 0.328 e. The standard InChI is InChI=1S/C14H12N4O3/c1-8-6-18(14(21)17-12(8)19)7-11-15-10-5-3-2-4-9(10)13(20)16-11/h2-6H,7H2,1H3,(H,15,16,20)(H,17,19,21). The van der Waals surface area contributed by atoms with Gasteiger partial charge in [0.1, 0.15) is 5.82 Å². The Kier molecular flexibility index (Phi) is 3.02. The van der Waals surface area contributed by atoms with Gasteiger partial charge in [0.25, 0.3) is 11.1 Å². The Hall–Kier alpha value is -2.96. The Bertz CT molecular complexity index is 997. The van der Waals surface area contributed by atoms with Crippen LogP contribution in [0.15, 0.2) is 44.8 Å². The fraction of sp³-hybridized carbons (Fsp3) is 0.143. The second-order valence-electron chi connectivity index (χ2n) is 4.73. The highest BCUT2D eigenvalue weighted by Gasteiger charge is 2.06. The maximum absolute atomic E-state index is 12.0. The van der Waals surface area contributed by atoms with E-state index in [-0.39, 0.29) is 12.1 Å². The minimum atomic E-state index is -0.540. The lowest BCUT2D eigenvalue weighted by molar-refractivity contribution is 0.681. The van der Waals surface area contributed by atoms with Gasteiger partial charge in [-0.2, -0.15) is 0 Å². The smallest absolute Gasteiger partial charge is 0.308 e. The first-order valence-electron chi connectivity index (χ1n) is 6.33. The van der Waals surface area contributed by atoms with E-state index >= 15 is 0 Å². The third-order valence-corrected chi connectivity index (χ3v) is 3.17. The number of nitrogens with zero attached hydrogens (tertiary/aromatic N) is 2. The van der Waals surface area contributed by atoms with E-state index in [4.69, 9.17) is 0 Å². The van der Waals surface area contributed by atoms with Crippen LogP contribution in [0.5, 0.6) is 0 Å². The van der Waals surface area contributed by atoms with Crippen molar-refractivity contribution < 1.29 is 0 Å². The molecule has 0 saturated heterocycles. The normalized spacial score (nSPS) is 10.9. The molecule has 0 aliphatic rings. The van der Waals surface area contributed by atoms with E-state index in [0.29, 0.717) is 22.3 Å². The van der Waals surface area contributed by atoms with Crippen molar-refractivity contribution in [3.8, 4) is 0 Å². The minimum absolute atomic E-state index is 0.0799. The zero-order valence-corrected chi connectivity index (χ0v) is 11.2. The van der Waals surface area contributed by atoms with Gasteiger partial charge >= 0.3 is 5.69 Å². The van der Waals surface area contributed by atoms with Crippen LogP contribution >= 0.6 is 0 Å². The molecule has 0 bridgehead atoms. The first kappa shape index (κ1) is 13.0. The maximum Gasteiger partial charge on any atom is 0.328 e. The van der Waals surface area contributed by atoms with Crippen molar-refractivity contribution in [2.45, 2.75) is 13.5 Å². The van der Waals surface area contributed by atoms with Crippen LogP contribution in [0.4, 0.5) is 0 Å². The number of hydrogen-bond donors (Lipinski definition) is 2. The van der Waals surface area contributed by atoms with Crippen LogP contribution in [0.2, 0.25) is 0 Å². The van der Waals surface area contributed by atoms with E-state index in [1.165, 1.54) is 10.8 Å². The first-order valence-corrected chi connectivity index (χ1v) is 6.33. The van der Waals surface area contributed by atoms with Crippen LogP contribution in [0.1, 0.15) is 11.4 Å². The molecule has 0 unspecified atom stereocenters. The Morgan fingerprint density at radius 2 is 1.86 bits per heavy atom. The fourth-order valence-electron chi connectivity index (χ4n) is 2.11. The quantitative estimate of drug-likeness (QED) is 0.698. The van der Waals surface area contributed by atoms with Gasteiger partial charge < -0.3 is 4.98 Å². The minimum Gasteiger partial charge on any atom is -0.308 e. The molecule has 0 fully saturated rings. The predicted molar refractivity (Wildman–Crippen MR) is 77.5 cm³/mol. The molecule has 106 valence electrons. The topological polar surface area (TPSA) is 101 Å². The summed E-state index contributed by atoms with van der Waals surface area (Å²) in [6.45, 7) is 1.68.